The Morgan fingerprint density at radius 3 is 3.00 bits per heavy atom. The quantitative estimate of drug-likeness (QED) is 0.682. The maximum atomic E-state index is 3.48. The number of nitrogens with one attached hydrogen (secondary N) is 1. The smallest absolute Gasteiger partial charge is 0.00413 e. The van der Waals surface area contributed by atoms with Crippen molar-refractivity contribution in [1.29, 1.82) is 0 Å². The van der Waals surface area contributed by atoms with E-state index in [9.17, 15) is 0 Å². The summed E-state index contributed by atoms with van der Waals surface area (Å²) in [6.45, 7) is 3.50. The molecule has 0 saturated carbocycles. The highest BCUT2D eigenvalue weighted by Gasteiger charge is 2.16. The fourth-order valence-electron chi connectivity index (χ4n) is 1.65. The Morgan fingerprint density at radius 1 is 1.60 bits per heavy atom. The minimum Gasteiger partial charge on any atom is -0.314 e. The van der Waals surface area contributed by atoms with Crippen molar-refractivity contribution in [3.63, 3.8) is 0 Å². The molecule has 2 atom stereocenters. The summed E-state index contributed by atoms with van der Waals surface area (Å²) in [5.41, 5.74) is 0. The fourth-order valence-corrected chi connectivity index (χ4v) is 2.30. The van der Waals surface area contributed by atoms with Crippen LogP contribution in [0.15, 0.2) is 0 Å². The van der Waals surface area contributed by atoms with Gasteiger partial charge in [-0.05, 0) is 38.6 Å². The summed E-state index contributed by atoms with van der Waals surface area (Å²) in [5, 5.41) is 4.63. The van der Waals surface area contributed by atoms with E-state index >= 15 is 0 Å². The lowest BCUT2D eigenvalue weighted by atomic mass is 9.91. The summed E-state index contributed by atoms with van der Waals surface area (Å²) in [6.07, 6.45) is 4.09. The highest BCUT2D eigenvalue weighted by atomic mass is 79.9. The van der Waals surface area contributed by atoms with Gasteiger partial charge in [-0.25, -0.2) is 0 Å². The molecule has 1 aliphatic rings. The highest BCUT2D eigenvalue weighted by molar-refractivity contribution is 9.09. The molecule has 1 N–H and O–H groups in total. The van der Waals surface area contributed by atoms with Crippen molar-refractivity contribution in [2.45, 2.75) is 32.2 Å². The molecule has 60 valence electrons. The summed E-state index contributed by atoms with van der Waals surface area (Å²) >= 11 is 3.48. The van der Waals surface area contributed by atoms with E-state index in [2.05, 4.69) is 28.2 Å². The molecule has 10 heavy (non-hydrogen) atoms. The van der Waals surface area contributed by atoms with Gasteiger partial charge in [0.05, 0.1) is 0 Å². The Hall–Kier alpha value is 0.440. The zero-order valence-corrected chi connectivity index (χ0v) is 8.15. The van der Waals surface area contributed by atoms with E-state index in [0.29, 0.717) is 0 Å². The maximum absolute atomic E-state index is 3.48. The van der Waals surface area contributed by atoms with Gasteiger partial charge in [-0.3, -0.25) is 0 Å². The van der Waals surface area contributed by atoms with Crippen LogP contribution < -0.4 is 5.32 Å². The Labute approximate surface area is 71.7 Å². The van der Waals surface area contributed by atoms with Crippen LogP contribution in [-0.2, 0) is 0 Å². The zero-order valence-electron chi connectivity index (χ0n) is 6.57. The average molecular weight is 206 g/mol. The molecule has 1 nitrogen and oxygen atoms in total. The molecule has 0 spiro atoms. The third-order valence-electron chi connectivity index (χ3n) is 2.25. The molecule has 1 rings (SSSR count). The number of alkyl halides is 1. The highest BCUT2D eigenvalue weighted by Crippen LogP contribution is 2.19. The van der Waals surface area contributed by atoms with Crippen LogP contribution >= 0.6 is 15.9 Å². The van der Waals surface area contributed by atoms with Gasteiger partial charge in [-0.2, -0.15) is 0 Å². The molecule has 0 amide bonds. The van der Waals surface area contributed by atoms with Crippen LogP contribution in [0.4, 0.5) is 0 Å². The van der Waals surface area contributed by atoms with Crippen LogP contribution in [0.5, 0.6) is 0 Å². The third kappa shape index (κ3) is 2.59. The number of piperidine rings is 1. The van der Waals surface area contributed by atoms with Gasteiger partial charge in [0.25, 0.3) is 0 Å². The standard InChI is InChI=1S/C8H16BrN/c1-7-6-8(2-4-9)3-5-10-7/h7-8,10H,2-6H2,1H3. The summed E-state index contributed by atoms with van der Waals surface area (Å²) in [5.74, 6) is 0.968. The number of rotatable bonds is 2. The minimum absolute atomic E-state index is 0.748. The number of halogens is 1. The third-order valence-corrected chi connectivity index (χ3v) is 2.71. The predicted octanol–water partition coefficient (Wildman–Crippen LogP) is 2.16. The molecule has 0 bridgehead atoms. The fraction of sp³-hybridized carbons (Fsp3) is 1.00. The van der Waals surface area contributed by atoms with Crippen molar-refractivity contribution in [3.8, 4) is 0 Å². The van der Waals surface area contributed by atoms with Gasteiger partial charge in [0.1, 0.15) is 0 Å². The first-order valence-corrected chi connectivity index (χ1v) is 5.24. The molecule has 1 heterocycles. The van der Waals surface area contributed by atoms with Gasteiger partial charge >= 0.3 is 0 Å². The Kier molecular flexibility index (Phi) is 3.71. The van der Waals surface area contributed by atoms with Crippen LogP contribution in [0.1, 0.15) is 26.2 Å². The van der Waals surface area contributed by atoms with Crippen LogP contribution in [0.2, 0.25) is 0 Å². The van der Waals surface area contributed by atoms with Gasteiger partial charge in [0.2, 0.25) is 0 Å². The molecule has 2 heteroatoms. The molecule has 1 fully saturated rings. The van der Waals surface area contributed by atoms with Crippen molar-refractivity contribution in [1.82, 2.24) is 5.32 Å². The van der Waals surface area contributed by atoms with Crippen molar-refractivity contribution in [2.24, 2.45) is 5.92 Å². The Morgan fingerprint density at radius 2 is 2.40 bits per heavy atom. The maximum Gasteiger partial charge on any atom is 0.00413 e. The van der Waals surface area contributed by atoms with Crippen molar-refractivity contribution in [3.05, 3.63) is 0 Å². The minimum atomic E-state index is 0.748. The molecule has 0 aliphatic carbocycles. The van der Waals surface area contributed by atoms with Gasteiger partial charge in [0.15, 0.2) is 0 Å². The molecular formula is C8H16BrN. The van der Waals surface area contributed by atoms with E-state index in [1.807, 2.05) is 0 Å². The van der Waals surface area contributed by atoms with E-state index in [0.717, 1.165) is 12.0 Å². The van der Waals surface area contributed by atoms with Gasteiger partial charge in [0, 0.05) is 11.4 Å². The first-order valence-electron chi connectivity index (χ1n) is 4.12. The Bertz CT molecular complexity index is 93.3. The van der Waals surface area contributed by atoms with Crippen LogP contribution in [-0.4, -0.2) is 17.9 Å². The van der Waals surface area contributed by atoms with Gasteiger partial charge < -0.3 is 5.32 Å². The second kappa shape index (κ2) is 4.35. The second-order valence-electron chi connectivity index (χ2n) is 3.22. The lowest BCUT2D eigenvalue weighted by Gasteiger charge is -2.27. The van der Waals surface area contributed by atoms with E-state index in [4.69, 9.17) is 0 Å². The molecule has 0 aromatic rings. The largest absolute Gasteiger partial charge is 0.314 e. The van der Waals surface area contributed by atoms with Crippen molar-refractivity contribution in [2.75, 3.05) is 11.9 Å². The van der Waals surface area contributed by atoms with Crippen LogP contribution in [0.25, 0.3) is 0 Å². The summed E-state index contributed by atoms with van der Waals surface area (Å²) in [6, 6.07) is 0.748. The molecule has 2 unspecified atom stereocenters. The molecule has 1 saturated heterocycles. The summed E-state index contributed by atoms with van der Waals surface area (Å²) in [7, 11) is 0. The summed E-state index contributed by atoms with van der Waals surface area (Å²) < 4.78 is 0. The SMILES string of the molecule is CC1CC(CCBr)CCN1. The van der Waals surface area contributed by atoms with Crippen molar-refractivity contribution < 1.29 is 0 Å². The lowest BCUT2D eigenvalue weighted by molar-refractivity contribution is 0.310. The molecular weight excluding hydrogens is 190 g/mol. The summed E-state index contributed by atoms with van der Waals surface area (Å²) in [4.78, 5) is 0. The van der Waals surface area contributed by atoms with Crippen LogP contribution in [0.3, 0.4) is 0 Å². The second-order valence-corrected chi connectivity index (χ2v) is 4.02. The van der Waals surface area contributed by atoms with E-state index in [1.165, 1.54) is 31.1 Å². The average Bonchev–Trinajstić information content (AvgIpc) is 1.88. The predicted molar refractivity (Wildman–Crippen MR) is 48.6 cm³/mol. The number of hydrogen-bond donors (Lipinski definition) is 1. The van der Waals surface area contributed by atoms with Crippen LogP contribution in [0, 0.1) is 5.92 Å². The number of hydrogen-bond acceptors (Lipinski definition) is 1. The topological polar surface area (TPSA) is 12.0 Å². The lowest BCUT2D eigenvalue weighted by Crippen LogP contribution is -2.35. The van der Waals surface area contributed by atoms with Gasteiger partial charge in [-0.15, -0.1) is 0 Å². The first-order chi connectivity index (χ1) is 4.83. The first kappa shape index (κ1) is 8.54. The molecule has 0 aromatic carbocycles. The van der Waals surface area contributed by atoms with Crippen molar-refractivity contribution >= 4 is 15.9 Å². The Balaban J connectivity index is 2.18. The molecule has 0 radical (unpaired) electrons. The van der Waals surface area contributed by atoms with E-state index in [-0.39, 0.29) is 0 Å². The van der Waals surface area contributed by atoms with Gasteiger partial charge in [-0.1, -0.05) is 15.9 Å². The normalized spacial score (nSPS) is 34.2. The molecule has 1 aliphatic heterocycles. The monoisotopic (exact) mass is 205 g/mol. The molecule has 0 aromatic heterocycles. The van der Waals surface area contributed by atoms with E-state index in [1.54, 1.807) is 0 Å². The zero-order chi connectivity index (χ0) is 7.40. The van der Waals surface area contributed by atoms with E-state index < -0.39 is 0 Å².